The summed E-state index contributed by atoms with van der Waals surface area (Å²) < 4.78 is 104. The van der Waals surface area contributed by atoms with E-state index in [4.69, 9.17) is 9.15 Å². The lowest BCUT2D eigenvalue weighted by molar-refractivity contribution is -0.348. The lowest BCUT2D eigenvalue weighted by atomic mass is 9.85. The van der Waals surface area contributed by atoms with Gasteiger partial charge in [-0.15, -0.1) is 0 Å². The Kier molecular flexibility index (Phi) is 4.91. The summed E-state index contributed by atoms with van der Waals surface area (Å²) >= 11 is 0. The van der Waals surface area contributed by atoms with Gasteiger partial charge in [0.2, 0.25) is 0 Å². The summed E-state index contributed by atoms with van der Waals surface area (Å²) in [4.78, 5) is 0. The van der Waals surface area contributed by atoms with E-state index in [1.54, 1.807) is 0 Å². The molecule has 9 heteroatoms. The number of halogens is 7. The molecule has 1 heterocycles. The fourth-order valence-electron chi connectivity index (χ4n) is 2.48. The zero-order valence-electron chi connectivity index (χ0n) is 13.0. The third kappa shape index (κ3) is 3.24. The van der Waals surface area contributed by atoms with Crippen molar-refractivity contribution in [2.24, 2.45) is 0 Å². The van der Waals surface area contributed by atoms with Crippen molar-refractivity contribution in [2.75, 3.05) is 7.11 Å². The van der Waals surface area contributed by atoms with Crippen LogP contribution in [0.1, 0.15) is 16.7 Å². The number of hydrogen-bond donors (Lipinski definition) is 0. The number of alkyl halides is 7. The molecule has 1 aromatic carbocycles. The Bertz CT molecular complexity index is 716. The van der Waals surface area contributed by atoms with Gasteiger partial charge < -0.3 is 9.15 Å². The van der Waals surface area contributed by atoms with E-state index in [-0.39, 0.29) is 23.5 Å². The number of hydrogen-bond acceptors (Lipinski definition) is 2. The molecular weight excluding hydrogens is 357 g/mol. The summed E-state index contributed by atoms with van der Waals surface area (Å²) in [6, 6.07) is 5.46. The molecule has 0 fully saturated rings. The van der Waals surface area contributed by atoms with Gasteiger partial charge in [-0.3, -0.25) is 0 Å². The fraction of sp³-hybridized carbons (Fsp3) is 0.375. The molecule has 2 nitrogen and oxygen atoms in total. The quantitative estimate of drug-likeness (QED) is 0.665. The van der Waals surface area contributed by atoms with E-state index in [2.05, 4.69) is 6.07 Å². The van der Waals surface area contributed by atoms with Gasteiger partial charge in [0.1, 0.15) is 5.76 Å². The van der Waals surface area contributed by atoms with Crippen LogP contribution in [0.3, 0.4) is 0 Å². The molecule has 0 N–H and O–H groups in total. The van der Waals surface area contributed by atoms with Crippen molar-refractivity contribution < 1.29 is 39.9 Å². The normalized spacial score (nSPS) is 13.3. The number of benzene rings is 1. The van der Waals surface area contributed by atoms with Crippen LogP contribution in [0.5, 0.6) is 0 Å². The lowest BCUT2D eigenvalue weighted by Gasteiger charge is -2.32. The fourth-order valence-corrected chi connectivity index (χ4v) is 2.48. The zero-order chi connectivity index (χ0) is 19.0. The van der Waals surface area contributed by atoms with Crippen LogP contribution in [-0.4, -0.2) is 19.5 Å². The molecule has 0 unspecified atom stereocenters. The lowest BCUT2D eigenvalue weighted by Crippen LogP contribution is -2.50. The highest BCUT2D eigenvalue weighted by atomic mass is 19.4. The summed E-state index contributed by atoms with van der Waals surface area (Å²) in [6.07, 6.45) is -11.4. The number of furan rings is 1. The Morgan fingerprint density at radius 1 is 1.08 bits per heavy atom. The molecule has 0 saturated heterocycles. The second kappa shape index (κ2) is 6.36. The van der Waals surface area contributed by atoms with E-state index in [0.717, 1.165) is 12.3 Å². The molecular formula is C16H12F7O2. The molecule has 1 aromatic heterocycles. The molecule has 2 aromatic rings. The number of methoxy groups -OCH3 is 1. The van der Waals surface area contributed by atoms with Gasteiger partial charge in [-0.2, -0.15) is 26.3 Å². The largest absolute Gasteiger partial charge is 0.464 e. The number of aryl methyl sites for hydroxylation is 1. The second-order valence-corrected chi connectivity index (χ2v) is 5.28. The Morgan fingerprint density at radius 3 is 2.12 bits per heavy atom. The molecule has 2 rings (SSSR count). The predicted octanol–water partition coefficient (Wildman–Crippen LogP) is 5.49. The first-order valence-electron chi connectivity index (χ1n) is 6.85. The van der Waals surface area contributed by atoms with Crippen molar-refractivity contribution >= 4 is 0 Å². The molecule has 0 aliphatic carbocycles. The van der Waals surface area contributed by atoms with Gasteiger partial charge in [-0.05, 0) is 36.2 Å². The Morgan fingerprint density at radius 2 is 1.68 bits per heavy atom. The Labute approximate surface area is 138 Å². The zero-order valence-corrected chi connectivity index (χ0v) is 13.0. The monoisotopic (exact) mass is 369 g/mol. The number of rotatable bonds is 4. The minimum absolute atomic E-state index is 0.104. The minimum Gasteiger partial charge on any atom is -0.464 e. The van der Waals surface area contributed by atoms with Crippen molar-refractivity contribution in [3.05, 3.63) is 47.2 Å². The van der Waals surface area contributed by atoms with Crippen LogP contribution in [0, 0.1) is 13.0 Å². The van der Waals surface area contributed by atoms with E-state index in [1.165, 1.54) is 20.1 Å². The predicted molar refractivity (Wildman–Crippen MR) is 73.3 cm³/mol. The average Bonchev–Trinajstić information content (AvgIpc) is 2.97. The van der Waals surface area contributed by atoms with Crippen molar-refractivity contribution in [1.82, 2.24) is 0 Å². The van der Waals surface area contributed by atoms with Crippen LogP contribution < -0.4 is 0 Å². The highest BCUT2D eigenvalue weighted by Crippen LogP contribution is 2.55. The average molecular weight is 369 g/mol. The molecule has 0 aliphatic rings. The van der Waals surface area contributed by atoms with Gasteiger partial charge in [0.25, 0.3) is 0 Å². The van der Waals surface area contributed by atoms with Crippen LogP contribution in [0.25, 0.3) is 11.3 Å². The van der Waals surface area contributed by atoms with Crippen LogP contribution in [0.2, 0.25) is 0 Å². The first-order valence-corrected chi connectivity index (χ1v) is 6.85. The molecule has 25 heavy (non-hydrogen) atoms. The van der Waals surface area contributed by atoms with Crippen molar-refractivity contribution in [2.45, 2.75) is 31.6 Å². The third-order valence-electron chi connectivity index (χ3n) is 3.49. The molecule has 0 amide bonds. The van der Waals surface area contributed by atoms with Gasteiger partial charge in [0.15, 0.2) is 0 Å². The maximum absolute atomic E-state index is 14.6. The van der Waals surface area contributed by atoms with E-state index >= 15 is 0 Å². The van der Waals surface area contributed by atoms with Crippen LogP contribution in [0.15, 0.2) is 28.9 Å². The van der Waals surface area contributed by atoms with Gasteiger partial charge in [0, 0.05) is 18.2 Å². The third-order valence-corrected chi connectivity index (χ3v) is 3.49. The van der Waals surface area contributed by atoms with Gasteiger partial charge >= 0.3 is 18.0 Å². The van der Waals surface area contributed by atoms with E-state index in [0.29, 0.717) is 6.07 Å². The van der Waals surface area contributed by atoms with E-state index in [9.17, 15) is 30.7 Å². The second-order valence-electron chi connectivity index (χ2n) is 5.28. The molecule has 0 atom stereocenters. The smallest absolute Gasteiger partial charge is 0.435 e. The highest BCUT2D eigenvalue weighted by molar-refractivity contribution is 5.69. The first kappa shape index (κ1) is 19.3. The summed E-state index contributed by atoms with van der Waals surface area (Å²) in [5, 5.41) is 0. The van der Waals surface area contributed by atoms with Crippen LogP contribution in [0.4, 0.5) is 30.7 Å². The standard InChI is InChI=1S/C16H12F7O2/c1-9-6-10(8-24-2)13(12-4-3-5-25-12)11(7-9)14(17,15(18,19)20)16(21,22)23/h3-5,7H,8H2,1-2H3. The van der Waals surface area contributed by atoms with E-state index < -0.39 is 29.1 Å². The van der Waals surface area contributed by atoms with Gasteiger partial charge in [-0.25, -0.2) is 4.39 Å². The minimum atomic E-state index is -6.23. The highest BCUT2D eigenvalue weighted by Gasteiger charge is 2.74. The molecule has 1 radical (unpaired) electrons. The molecule has 137 valence electrons. The van der Waals surface area contributed by atoms with Crippen molar-refractivity contribution in [1.29, 1.82) is 0 Å². The molecule has 0 aliphatic heterocycles. The molecule has 0 saturated carbocycles. The van der Waals surface area contributed by atoms with Crippen molar-refractivity contribution in [3.8, 4) is 11.3 Å². The number of ether oxygens (including phenoxy) is 1. The van der Waals surface area contributed by atoms with Gasteiger partial charge in [-0.1, -0.05) is 6.07 Å². The summed E-state index contributed by atoms with van der Waals surface area (Å²) in [6.45, 7) is 0.832. The van der Waals surface area contributed by atoms with Gasteiger partial charge in [0.05, 0.1) is 12.9 Å². The SMILES string of the molecule is COCc1[c]c(C)cc(C(F)(C(F)(F)F)C(F)(F)F)c1-c1ccco1. The first-order chi connectivity index (χ1) is 11.4. The van der Waals surface area contributed by atoms with E-state index in [1.807, 2.05) is 0 Å². The topological polar surface area (TPSA) is 22.4 Å². The summed E-state index contributed by atoms with van der Waals surface area (Å²) in [5.74, 6) is -0.353. The van der Waals surface area contributed by atoms with Crippen LogP contribution >= 0.6 is 0 Å². The maximum atomic E-state index is 14.6. The Hall–Kier alpha value is -2.03. The van der Waals surface area contributed by atoms with Crippen molar-refractivity contribution in [3.63, 3.8) is 0 Å². The summed E-state index contributed by atoms with van der Waals surface area (Å²) in [7, 11) is 1.19. The maximum Gasteiger partial charge on any atom is 0.435 e. The molecule has 0 bridgehead atoms. The summed E-state index contributed by atoms with van der Waals surface area (Å²) in [5.41, 5.74) is -8.15. The molecule has 0 spiro atoms. The Balaban J connectivity index is 2.92. The van der Waals surface area contributed by atoms with Crippen LogP contribution in [-0.2, 0) is 17.0 Å².